The van der Waals surface area contributed by atoms with Crippen LogP contribution in [0.15, 0.2) is 29.9 Å². The van der Waals surface area contributed by atoms with Gasteiger partial charge in [-0.25, -0.2) is 4.57 Å². The zero-order chi connectivity index (χ0) is 13.6. The highest BCUT2D eigenvalue weighted by atomic mass is 32.1. The molecule has 0 fully saturated rings. The molecule has 3 heteroatoms. The Morgan fingerprint density at radius 3 is 2.74 bits per heavy atom. The van der Waals surface area contributed by atoms with Gasteiger partial charge in [0.15, 0.2) is 11.2 Å². The minimum Gasteiger partial charge on any atom is -0.231 e. The predicted octanol–water partition coefficient (Wildman–Crippen LogP) is 3.71. The Morgan fingerprint density at radius 1 is 1.16 bits per heavy atom. The van der Waals surface area contributed by atoms with Crippen molar-refractivity contribution in [3.8, 4) is 11.3 Å². The molecule has 0 aliphatic heterocycles. The van der Waals surface area contributed by atoms with E-state index in [1.54, 1.807) is 11.3 Å². The molecule has 2 heterocycles. The number of rotatable bonds is 1. The van der Waals surface area contributed by atoms with Gasteiger partial charge in [-0.2, -0.15) is 0 Å². The lowest BCUT2D eigenvalue weighted by Crippen LogP contribution is -2.31. The number of fused-ring (bicyclic) bond motifs is 1. The minimum absolute atomic E-state index is 1.08. The van der Waals surface area contributed by atoms with Gasteiger partial charge in [-0.05, 0) is 48.3 Å². The molecule has 96 valence electrons. The average molecular weight is 269 g/mol. The monoisotopic (exact) mass is 269 g/mol. The van der Waals surface area contributed by atoms with E-state index in [1.807, 2.05) is 6.33 Å². The summed E-state index contributed by atoms with van der Waals surface area (Å²) >= 11 is 1.76. The van der Waals surface area contributed by atoms with Crippen LogP contribution in [-0.2, 0) is 7.05 Å². The number of aryl methyl sites for hydroxylation is 3. The molecule has 2 nitrogen and oxygen atoms in total. The molecular formula is C16H17N2S+. The van der Waals surface area contributed by atoms with Gasteiger partial charge in [-0.3, -0.25) is 0 Å². The summed E-state index contributed by atoms with van der Waals surface area (Å²) < 4.78 is 3.39. The first kappa shape index (κ1) is 12.3. The molecule has 3 aromatic rings. The standard InChI is InChI=1S/C16H17N2S/c1-10-7-11(2)12(3)13(8-10)15-16-14(5-6-19-16)17-9-18(15)4/h5-9H,1-4H3/q+1. The summed E-state index contributed by atoms with van der Waals surface area (Å²) in [5.74, 6) is 0. The molecule has 19 heavy (non-hydrogen) atoms. The highest BCUT2D eigenvalue weighted by molar-refractivity contribution is 7.17. The van der Waals surface area contributed by atoms with Crippen LogP contribution < -0.4 is 4.57 Å². The molecule has 0 aliphatic rings. The smallest absolute Gasteiger partial charge is 0.231 e. The molecular weight excluding hydrogens is 252 g/mol. The molecule has 1 aromatic carbocycles. The Bertz CT molecular complexity index is 772. The molecule has 2 aromatic heterocycles. The van der Waals surface area contributed by atoms with E-state index < -0.39 is 0 Å². The van der Waals surface area contributed by atoms with Crippen molar-refractivity contribution in [2.24, 2.45) is 7.05 Å². The number of aromatic nitrogens is 2. The fourth-order valence-corrected chi connectivity index (χ4v) is 3.49. The summed E-state index contributed by atoms with van der Waals surface area (Å²) in [5.41, 5.74) is 7.66. The lowest BCUT2D eigenvalue weighted by molar-refractivity contribution is -0.662. The lowest BCUT2D eigenvalue weighted by atomic mass is 9.97. The second kappa shape index (κ2) is 4.42. The quantitative estimate of drug-likeness (QED) is 0.615. The van der Waals surface area contributed by atoms with Gasteiger partial charge in [0.25, 0.3) is 6.33 Å². The van der Waals surface area contributed by atoms with Gasteiger partial charge in [0.2, 0.25) is 0 Å². The second-order valence-electron chi connectivity index (χ2n) is 5.09. The van der Waals surface area contributed by atoms with Crippen LogP contribution in [0.25, 0.3) is 21.5 Å². The van der Waals surface area contributed by atoms with E-state index in [4.69, 9.17) is 0 Å². The highest BCUT2D eigenvalue weighted by Crippen LogP contribution is 2.32. The van der Waals surface area contributed by atoms with E-state index in [0.717, 1.165) is 5.52 Å². The Labute approximate surface area is 117 Å². The Hall–Kier alpha value is -1.74. The Balaban J connectivity index is 2.42. The molecule has 0 aliphatic carbocycles. The molecule has 0 saturated heterocycles. The number of thiophene rings is 1. The van der Waals surface area contributed by atoms with Crippen molar-refractivity contribution < 1.29 is 4.57 Å². The van der Waals surface area contributed by atoms with Crippen LogP contribution in [0, 0.1) is 20.8 Å². The number of hydrogen-bond donors (Lipinski definition) is 0. The first-order chi connectivity index (χ1) is 9.08. The summed E-state index contributed by atoms with van der Waals surface area (Å²) in [4.78, 5) is 4.47. The summed E-state index contributed by atoms with van der Waals surface area (Å²) in [6, 6.07) is 6.60. The van der Waals surface area contributed by atoms with Crippen molar-refractivity contribution in [2.75, 3.05) is 0 Å². The van der Waals surface area contributed by atoms with E-state index in [1.165, 1.54) is 32.6 Å². The van der Waals surface area contributed by atoms with Crippen LogP contribution >= 0.6 is 11.3 Å². The van der Waals surface area contributed by atoms with Crippen molar-refractivity contribution in [2.45, 2.75) is 20.8 Å². The van der Waals surface area contributed by atoms with E-state index in [9.17, 15) is 0 Å². The molecule has 0 bridgehead atoms. The third-order valence-corrected chi connectivity index (χ3v) is 4.56. The van der Waals surface area contributed by atoms with E-state index in [-0.39, 0.29) is 0 Å². The molecule has 0 saturated carbocycles. The topological polar surface area (TPSA) is 16.8 Å². The average Bonchev–Trinajstić information content (AvgIpc) is 2.82. The zero-order valence-corrected chi connectivity index (χ0v) is 12.5. The highest BCUT2D eigenvalue weighted by Gasteiger charge is 2.18. The van der Waals surface area contributed by atoms with E-state index in [0.29, 0.717) is 0 Å². The van der Waals surface area contributed by atoms with Crippen LogP contribution in [0.3, 0.4) is 0 Å². The first-order valence-electron chi connectivity index (χ1n) is 6.38. The third-order valence-electron chi connectivity index (χ3n) is 3.65. The minimum atomic E-state index is 1.08. The molecule has 0 N–H and O–H groups in total. The second-order valence-corrected chi connectivity index (χ2v) is 6.01. The predicted molar refractivity (Wildman–Crippen MR) is 80.4 cm³/mol. The molecule has 0 unspecified atom stereocenters. The van der Waals surface area contributed by atoms with E-state index in [2.05, 4.69) is 60.9 Å². The zero-order valence-electron chi connectivity index (χ0n) is 11.7. The maximum atomic E-state index is 4.47. The Kier molecular flexibility index (Phi) is 2.86. The van der Waals surface area contributed by atoms with Gasteiger partial charge in [0, 0.05) is 11.6 Å². The van der Waals surface area contributed by atoms with Gasteiger partial charge in [-0.15, -0.1) is 11.3 Å². The van der Waals surface area contributed by atoms with Crippen molar-refractivity contribution in [3.05, 3.63) is 46.6 Å². The number of benzene rings is 1. The lowest BCUT2D eigenvalue weighted by Gasteiger charge is -2.11. The van der Waals surface area contributed by atoms with Gasteiger partial charge >= 0.3 is 0 Å². The van der Waals surface area contributed by atoms with Crippen molar-refractivity contribution in [1.82, 2.24) is 4.98 Å². The number of nitrogens with zero attached hydrogens (tertiary/aromatic N) is 2. The maximum absolute atomic E-state index is 4.47. The fourth-order valence-electron chi connectivity index (χ4n) is 2.55. The fraction of sp³-hybridized carbons (Fsp3) is 0.250. The first-order valence-corrected chi connectivity index (χ1v) is 7.26. The summed E-state index contributed by atoms with van der Waals surface area (Å²) in [5, 5.41) is 2.11. The SMILES string of the molecule is Cc1cc(C)c(C)c(-c2c3sccc3nc[n+]2C)c1. The van der Waals surface area contributed by atoms with Gasteiger partial charge in [0.1, 0.15) is 4.70 Å². The maximum Gasteiger partial charge on any atom is 0.287 e. The summed E-state index contributed by atoms with van der Waals surface area (Å²) in [6.07, 6.45) is 1.90. The van der Waals surface area contributed by atoms with Gasteiger partial charge < -0.3 is 0 Å². The van der Waals surface area contributed by atoms with Crippen molar-refractivity contribution >= 4 is 21.6 Å². The van der Waals surface area contributed by atoms with Gasteiger partial charge in [-0.1, -0.05) is 11.6 Å². The van der Waals surface area contributed by atoms with Crippen LogP contribution in [0.1, 0.15) is 16.7 Å². The molecule has 0 amide bonds. The molecule has 0 radical (unpaired) electrons. The summed E-state index contributed by atoms with van der Waals surface area (Å²) in [6.45, 7) is 6.53. The van der Waals surface area contributed by atoms with Crippen molar-refractivity contribution in [3.63, 3.8) is 0 Å². The van der Waals surface area contributed by atoms with Crippen LogP contribution in [-0.4, -0.2) is 4.98 Å². The third kappa shape index (κ3) is 1.94. The number of hydrogen-bond acceptors (Lipinski definition) is 2. The Morgan fingerprint density at radius 2 is 1.95 bits per heavy atom. The molecule has 3 rings (SSSR count). The largest absolute Gasteiger partial charge is 0.287 e. The normalized spacial score (nSPS) is 11.2. The van der Waals surface area contributed by atoms with Crippen LogP contribution in [0.2, 0.25) is 0 Å². The van der Waals surface area contributed by atoms with E-state index >= 15 is 0 Å². The molecule has 0 atom stereocenters. The van der Waals surface area contributed by atoms with Crippen LogP contribution in [0.5, 0.6) is 0 Å². The molecule has 0 spiro atoms. The van der Waals surface area contributed by atoms with Crippen molar-refractivity contribution in [1.29, 1.82) is 0 Å². The van der Waals surface area contributed by atoms with Crippen LogP contribution in [0.4, 0.5) is 0 Å². The van der Waals surface area contributed by atoms with Gasteiger partial charge in [0.05, 0.1) is 7.05 Å². The summed E-state index contributed by atoms with van der Waals surface area (Å²) in [7, 11) is 2.07.